The number of aliphatic hydroxyl groups is 1. The first-order chi connectivity index (χ1) is 9.48. The first-order valence-electron chi connectivity index (χ1n) is 6.81. The predicted molar refractivity (Wildman–Crippen MR) is 78.4 cm³/mol. The Morgan fingerprint density at radius 1 is 1.45 bits per heavy atom. The van der Waals surface area contributed by atoms with E-state index in [0.29, 0.717) is 28.8 Å². The molecule has 1 aromatic rings. The highest BCUT2D eigenvalue weighted by atomic mass is 32.2. The van der Waals surface area contributed by atoms with Gasteiger partial charge in [-0.2, -0.15) is 4.31 Å². The normalized spacial score (nSPS) is 18.6. The van der Waals surface area contributed by atoms with Crippen molar-refractivity contribution in [2.45, 2.75) is 43.6 Å². The minimum Gasteiger partial charge on any atom is -0.391 e. The van der Waals surface area contributed by atoms with Crippen molar-refractivity contribution in [3.05, 3.63) is 16.5 Å². The van der Waals surface area contributed by atoms with E-state index in [9.17, 15) is 13.5 Å². The number of hydrogen-bond acceptors (Lipinski definition) is 5. The molecule has 0 saturated carbocycles. The van der Waals surface area contributed by atoms with Crippen LogP contribution in [0.25, 0.3) is 0 Å². The van der Waals surface area contributed by atoms with Crippen LogP contribution in [0.5, 0.6) is 0 Å². The van der Waals surface area contributed by atoms with Crippen LogP contribution in [-0.2, 0) is 21.4 Å². The average Bonchev–Trinajstić information content (AvgIpc) is 2.82. The summed E-state index contributed by atoms with van der Waals surface area (Å²) >= 11 is 1.16. The Morgan fingerprint density at radius 3 is 2.60 bits per heavy atom. The van der Waals surface area contributed by atoms with Crippen molar-refractivity contribution < 1.29 is 18.3 Å². The maximum absolute atomic E-state index is 12.5. The second-order valence-electron chi connectivity index (χ2n) is 4.89. The Balaban J connectivity index is 2.11. The molecule has 1 saturated heterocycles. The molecule has 0 aromatic carbocycles. The Kier molecular flexibility index (Phi) is 5.19. The molecule has 7 heteroatoms. The van der Waals surface area contributed by atoms with Gasteiger partial charge in [-0.3, -0.25) is 0 Å². The zero-order valence-corrected chi connectivity index (χ0v) is 13.5. The molecular formula is C13H21NO4S2. The molecule has 1 aliphatic heterocycles. The molecule has 0 amide bonds. The lowest BCUT2D eigenvalue weighted by molar-refractivity contribution is 0.0290. The molecule has 114 valence electrons. The van der Waals surface area contributed by atoms with E-state index in [2.05, 4.69) is 0 Å². The predicted octanol–water partition coefficient (Wildman–Crippen LogP) is 1.74. The van der Waals surface area contributed by atoms with Crippen molar-refractivity contribution in [1.82, 2.24) is 4.31 Å². The van der Waals surface area contributed by atoms with Crippen molar-refractivity contribution in [3.63, 3.8) is 0 Å². The van der Waals surface area contributed by atoms with Gasteiger partial charge in [0.1, 0.15) is 4.21 Å². The summed E-state index contributed by atoms with van der Waals surface area (Å²) in [6.07, 6.45) is 1.65. The summed E-state index contributed by atoms with van der Waals surface area (Å²) in [6.45, 7) is 5.33. The molecule has 0 atom stereocenters. The van der Waals surface area contributed by atoms with Gasteiger partial charge in [-0.05, 0) is 38.3 Å². The van der Waals surface area contributed by atoms with Crippen molar-refractivity contribution in [2.24, 2.45) is 0 Å². The topological polar surface area (TPSA) is 66.8 Å². The van der Waals surface area contributed by atoms with Crippen LogP contribution in [0, 0.1) is 6.92 Å². The summed E-state index contributed by atoms with van der Waals surface area (Å²) in [5.74, 6) is 0. The van der Waals surface area contributed by atoms with E-state index in [-0.39, 0.29) is 12.7 Å². The fourth-order valence-corrected chi connectivity index (χ4v) is 5.45. The number of thiophene rings is 1. The zero-order valence-electron chi connectivity index (χ0n) is 11.8. The van der Waals surface area contributed by atoms with Crippen LogP contribution in [0.1, 0.15) is 30.2 Å². The molecule has 5 nitrogen and oxygen atoms in total. The second-order valence-corrected chi connectivity index (χ2v) is 8.19. The van der Waals surface area contributed by atoms with Gasteiger partial charge < -0.3 is 9.84 Å². The summed E-state index contributed by atoms with van der Waals surface area (Å²) in [5.41, 5.74) is 0.834. The molecule has 0 spiro atoms. The van der Waals surface area contributed by atoms with E-state index >= 15 is 0 Å². The third kappa shape index (κ3) is 3.23. The Hall–Kier alpha value is -0.470. The van der Waals surface area contributed by atoms with E-state index < -0.39 is 10.0 Å². The fourth-order valence-electron chi connectivity index (χ4n) is 2.37. The quantitative estimate of drug-likeness (QED) is 0.898. The molecular weight excluding hydrogens is 298 g/mol. The van der Waals surface area contributed by atoms with Crippen LogP contribution in [0.2, 0.25) is 0 Å². The van der Waals surface area contributed by atoms with Gasteiger partial charge in [-0.15, -0.1) is 11.3 Å². The number of piperidine rings is 1. The third-order valence-electron chi connectivity index (χ3n) is 3.54. The lowest BCUT2D eigenvalue weighted by Gasteiger charge is -2.30. The van der Waals surface area contributed by atoms with Crippen LogP contribution < -0.4 is 0 Å². The van der Waals surface area contributed by atoms with E-state index in [1.807, 2.05) is 13.8 Å². The van der Waals surface area contributed by atoms with Crippen molar-refractivity contribution in [1.29, 1.82) is 0 Å². The smallest absolute Gasteiger partial charge is 0.252 e. The first-order valence-corrected chi connectivity index (χ1v) is 9.06. The number of ether oxygens (including phenoxy) is 1. The van der Waals surface area contributed by atoms with Crippen LogP contribution in [0.4, 0.5) is 0 Å². The zero-order chi connectivity index (χ0) is 14.8. The summed E-state index contributed by atoms with van der Waals surface area (Å²) in [6, 6.07) is 1.65. The molecule has 2 heterocycles. The summed E-state index contributed by atoms with van der Waals surface area (Å²) in [5, 5.41) is 9.19. The third-order valence-corrected chi connectivity index (χ3v) is 7.11. The monoisotopic (exact) mass is 319 g/mol. The molecule has 0 aliphatic carbocycles. The standard InChI is InChI=1S/C13H21NO4S2/c1-3-18-11-4-6-14(7-5-11)20(16,17)13-8-10(2)12(9-15)19-13/h8,11,15H,3-7,9H2,1-2H3. The van der Waals surface area contributed by atoms with Crippen molar-refractivity contribution in [2.75, 3.05) is 19.7 Å². The lowest BCUT2D eigenvalue weighted by Crippen LogP contribution is -2.40. The highest BCUT2D eigenvalue weighted by molar-refractivity contribution is 7.91. The van der Waals surface area contributed by atoms with Gasteiger partial charge in [-0.1, -0.05) is 0 Å². The summed E-state index contributed by atoms with van der Waals surface area (Å²) in [7, 11) is -3.43. The van der Waals surface area contributed by atoms with Crippen LogP contribution >= 0.6 is 11.3 Å². The number of nitrogens with zero attached hydrogens (tertiary/aromatic N) is 1. The van der Waals surface area contributed by atoms with Gasteiger partial charge in [0.05, 0.1) is 12.7 Å². The molecule has 0 bridgehead atoms. The number of aryl methyl sites for hydroxylation is 1. The van der Waals surface area contributed by atoms with E-state index in [4.69, 9.17) is 4.74 Å². The fraction of sp³-hybridized carbons (Fsp3) is 0.692. The maximum Gasteiger partial charge on any atom is 0.252 e. The Morgan fingerprint density at radius 2 is 2.10 bits per heavy atom. The SMILES string of the molecule is CCOC1CCN(S(=O)(=O)c2cc(C)c(CO)s2)CC1. The van der Waals surface area contributed by atoms with Gasteiger partial charge in [0.15, 0.2) is 0 Å². The average molecular weight is 319 g/mol. The molecule has 2 rings (SSSR count). The minimum absolute atomic E-state index is 0.113. The molecule has 20 heavy (non-hydrogen) atoms. The maximum atomic E-state index is 12.5. The highest BCUT2D eigenvalue weighted by Gasteiger charge is 2.31. The Labute approximate surface area is 124 Å². The van der Waals surface area contributed by atoms with Crippen LogP contribution in [-0.4, -0.2) is 43.6 Å². The summed E-state index contributed by atoms with van der Waals surface area (Å²) < 4.78 is 32.5. The molecule has 1 N–H and O–H groups in total. The number of rotatable bonds is 5. The number of sulfonamides is 1. The van der Waals surface area contributed by atoms with Gasteiger partial charge in [0, 0.05) is 24.6 Å². The van der Waals surface area contributed by atoms with Gasteiger partial charge in [0.2, 0.25) is 0 Å². The van der Waals surface area contributed by atoms with E-state index in [1.165, 1.54) is 4.31 Å². The molecule has 1 fully saturated rings. The number of aliphatic hydroxyl groups excluding tert-OH is 1. The summed E-state index contributed by atoms with van der Waals surface area (Å²) in [4.78, 5) is 0.716. The van der Waals surface area contributed by atoms with Crippen molar-refractivity contribution in [3.8, 4) is 0 Å². The molecule has 1 aromatic heterocycles. The van der Waals surface area contributed by atoms with Crippen molar-refractivity contribution >= 4 is 21.4 Å². The van der Waals surface area contributed by atoms with Gasteiger partial charge in [0.25, 0.3) is 10.0 Å². The van der Waals surface area contributed by atoms with E-state index in [1.54, 1.807) is 6.07 Å². The molecule has 1 aliphatic rings. The molecule has 0 unspecified atom stereocenters. The second kappa shape index (κ2) is 6.53. The lowest BCUT2D eigenvalue weighted by atomic mass is 10.1. The largest absolute Gasteiger partial charge is 0.391 e. The first kappa shape index (κ1) is 15.9. The highest BCUT2D eigenvalue weighted by Crippen LogP contribution is 2.30. The van der Waals surface area contributed by atoms with Crippen LogP contribution in [0.3, 0.4) is 0 Å². The number of hydrogen-bond donors (Lipinski definition) is 1. The van der Waals surface area contributed by atoms with Crippen LogP contribution in [0.15, 0.2) is 10.3 Å². The molecule has 0 radical (unpaired) electrons. The minimum atomic E-state index is -3.43. The Bertz CT molecular complexity index is 545. The van der Waals surface area contributed by atoms with E-state index in [0.717, 1.165) is 29.7 Å². The van der Waals surface area contributed by atoms with Gasteiger partial charge >= 0.3 is 0 Å². The van der Waals surface area contributed by atoms with Gasteiger partial charge in [-0.25, -0.2) is 8.42 Å².